The maximum Gasteiger partial charge on any atom is 0.339 e. The molecule has 6 rings (SSSR count). The summed E-state index contributed by atoms with van der Waals surface area (Å²) in [6.07, 6.45) is 5.20. The predicted octanol–water partition coefficient (Wildman–Crippen LogP) is 5.69. The Morgan fingerprint density at radius 3 is 2.92 bits per heavy atom. The predicted molar refractivity (Wildman–Crippen MR) is 139 cm³/mol. The third kappa shape index (κ3) is 3.93. The molecule has 180 valence electrons. The number of pyridine rings is 1. The lowest BCUT2D eigenvalue weighted by molar-refractivity contribution is 0.0468. The van der Waals surface area contributed by atoms with Crippen LogP contribution in [-0.2, 0) is 17.8 Å². The number of ether oxygens (including phenoxy) is 1. The molecule has 0 bridgehead atoms. The number of aryl methyl sites for hydroxylation is 1. The van der Waals surface area contributed by atoms with Crippen LogP contribution < -0.4 is 5.56 Å². The van der Waals surface area contributed by atoms with Crippen molar-refractivity contribution in [3.63, 3.8) is 0 Å². The summed E-state index contributed by atoms with van der Waals surface area (Å²) < 4.78 is 12.9. The average Bonchev–Trinajstić information content (AvgIpc) is 3.51. The second kappa shape index (κ2) is 8.87. The molecule has 8 heteroatoms. The van der Waals surface area contributed by atoms with Crippen LogP contribution in [0.1, 0.15) is 52.1 Å². The van der Waals surface area contributed by atoms with Crippen molar-refractivity contribution >= 4 is 44.8 Å². The van der Waals surface area contributed by atoms with Crippen LogP contribution >= 0.6 is 11.3 Å². The smallest absolute Gasteiger partial charge is 0.339 e. The van der Waals surface area contributed by atoms with Gasteiger partial charge in [0, 0.05) is 22.5 Å². The second-order valence-electron chi connectivity index (χ2n) is 9.19. The molecule has 1 aliphatic carbocycles. The van der Waals surface area contributed by atoms with Crippen molar-refractivity contribution in [2.45, 2.75) is 33.3 Å². The molecule has 0 N–H and O–H groups in total. The summed E-state index contributed by atoms with van der Waals surface area (Å²) in [7, 11) is 0. The summed E-state index contributed by atoms with van der Waals surface area (Å²) >= 11 is 1.38. The number of nitrogens with zero attached hydrogens (tertiary/aromatic N) is 3. The van der Waals surface area contributed by atoms with Gasteiger partial charge in [0.25, 0.3) is 5.56 Å². The van der Waals surface area contributed by atoms with E-state index in [2.05, 4.69) is 11.9 Å². The lowest BCUT2D eigenvalue weighted by Gasteiger charge is -2.26. The molecule has 36 heavy (non-hydrogen) atoms. The van der Waals surface area contributed by atoms with Crippen molar-refractivity contribution in [2.75, 3.05) is 0 Å². The molecule has 1 aliphatic rings. The molecule has 0 fully saturated rings. The molecule has 1 unspecified atom stereocenters. The number of hydrogen-bond acceptors (Lipinski definition) is 7. The van der Waals surface area contributed by atoms with E-state index in [9.17, 15) is 9.59 Å². The molecular formula is C28H23N3O4S. The Hall–Kier alpha value is -4.04. The van der Waals surface area contributed by atoms with E-state index in [1.54, 1.807) is 10.7 Å². The van der Waals surface area contributed by atoms with E-state index in [-0.39, 0.29) is 12.2 Å². The standard InChI is InChI=1S/C28H23N3O4S/c1-16-10-18(12-20-6-5-9-34-20)26-22(11-16)25(21-7-3-4-8-23(21)30-26)27(33)35-14-19-13-24(32)31-17(2)15-36-28(31)29-19/h3-9,12-13,15-16H,10-11,14H2,1-2H3/b18-12-. The van der Waals surface area contributed by atoms with Gasteiger partial charge in [0.2, 0.25) is 0 Å². The van der Waals surface area contributed by atoms with Gasteiger partial charge in [-0.1, -0.05) is 25.1 Å². The zero-order valence-electron chi connectivity index (χ0n) is 19.9. The molecule has 0 spiro atoms. The first-order valence-corrected chi connectivity index (χ1v) is 12.7. The monoisotopic (exact) mass is 497 g/mol. The second-order valence-corrected chi connectivity index (χ2v) is 10.0. The van der Waals surface area contributed by atoms with Crippen LogP contribution in [0.25, 0.3) is 27.5 Å². The number of benzene rings is 1. The maximum atomic E-state index is 13.6. The van der Waals surface area contributed by atoms with E-state index >= 15 is 0 Å². The zero-order valence-corrected chi connectivity index (χ0v) is 20.7. The zero-order chi connectivity index (χ0) is 24.8. The summed E-state index contributed by atoms with van der Waals surface area (Å²) in [5.41, 5.74) is 5.05. The normalized spacial score (nSPS) is 16.5. The minimum absolute atomic E-state index is 0.0857. The summed E-state index contributed by atoms with van der Waals surface area (Å²) in [5, 5.41) is 2.63. The van der Waals surface area contributed by atoms with Gasteiger partial charge >= 0.3 is 5.97 Å². The van der Waals surface area contributed by atoms with Gasteiger partial charge in [-0.3, -0.25) is 9.20 Å². The van der Waals surface area contributed by atoms with Crippen LogP contribution in [0, 0.1) is 12.8 Å². The number of aromatic nitrogens is 3. The number of hydrogen-bond donors (Lipinski definition) is 0. The number of rotatable bonds is 4. The molecule has 4 aromatic heterocycles. The van der Waals surface area contributed by atoms with Gasteiger partial charge in [0.1, 0.15) is 12.4 Å². The van der Waals surface area contributed by atoms with Crippen LogP contribution in [0.5, 0.6) is 0 Å². The van der Waals surface area contributed by atoms with E-state index in [1.807, 2.05) is 54.8 Å². The van der Waals surface area contributed by atoms with Crippen molar-refractivity contribution < 1.29 is 13.9 Å². The molecular weight excluding hydrogens is 474 g/mol. The molecule has 5 aromatic rings. The van der Waals surface area contributed by atoms with Gasteiger partial charge in [0.15, 0.2) is 4.96 Å². The van der Waals surface area contributed by atoms with Crippen LogP contribution in [0.2, 0.25) is 0 Å². The van der Waals surface area contributed by atoms with Crippen molar-refractivity contribution in [1.29, 1.82) is 0 Å². The fourth-order valence-electron chi connectivity index (χ4n) is 4.90. The van der Waals surface area contributed by atoms with Crippen molar-refractivity contribution in [3.8, 4) is 0 Å². The number of thiazole rings is 1. The highest BCUT2D eigenvalue weighted by molar-refractivity contribution is 7.15. The Kier molecular flexibility index (Phi) is 5.53. The van der Waals surface area contributed by atoms with E-state index in [0.29, 0.717) is 28.6 Å². The van der Waals surface area contributed by atoms with Crippen LogP contribution in [0.4, 0.5) is 0 Å². The highest BCUT2D eigenvalue weighted by Crippen LogP contribution is 2.38. The number of fused-ring (bicyclic) bond motifs is 3. The number of carbonyl (C=O) groups excluding carboxylic acids is 1. The highest BCUT2D eigenvalue weighted by atomic mass is 32.1. The first-order chi connectivity index (χ1) is 17.5. The van der Waals surface area contributed by atoms with E-state index in [1.165, 1.54) is 17.4 Å². The molecule has 0 radical (unpaired) electrons. The third-order valence-electron chi connectivity index (χ3n) is 6.46. The van der Waals surface area contributed by atoms with Crippen LogP contribution in [0.3, 0.4) is 0 Å². The van der Waals surface area contributed by atoms with Crippen molar-refractivity contribution in [1.82, 2.24) is 14.4 Å². The van der Waals surface area contributed by atoms with E-state index in [0.717, 1.165) is 45.6 Å². The number of furan rings is 1. The van der Waals surface area contributed by atoms with Gasteiger partial charge in [0.05, 0.1) is 28.7 Å². The first kappa shape index (κ1) is 22.4. The Morgan fingerprint density at radius 2 is 2.08 bits per heavy atom. The highest BCUT2D eigenvalue weighted by Gasteiger charge is 2.29. The fraction of sp³-hybridized carbons (Fsp3) is 0.214. The molecule has 1 aromatic carbocycles. The summed E-state index contributed by atoms with van der Waals surface area (Å²) in [5.74, 6) is 0.626. The Bertz CT molecular complexity index is 1710. The number of esters is 1. The summed E-state index contributed by atoms with van der Waals surface area (Å²) in [4.78, 5) is 36.2. The quantitative estimate of drug-likeness (QED) is 0.297. The van der Waals surface area contributed by atoms with Gasteiger partial charge < -0.3 is 9.15 Å². The fourth-order valence-corrected chi connectivity index (χ4v) is 5.79. The minimum atomic E-state index is -0.444. The lowest BCUT2D eigenvalue weighted by Crippen LogP contribution is -2.20. The topological polar surface area (TPSA) is 86.7 Å². The van der Waals surface area contributed by atoms with Crippen LogP contribution in [0.15, 0.2) is 63.3 Å². The average molecular weight is 498 g/mol. The Morgan fingerprint density at radius 1 is 1.22 bits per heavy atom. The van der Waals surface area contributed by atoms with E-state index < -0.39 is 5.97 Å². The maximum absolute atomic E-state index is 13.6. The molecule has 0 saturated carbocycles. The van der Waals surface area contributed by atoms with Gasteiger partial charge in [-0.2, -0.15) is 0 Å². The summed E-state index contributed by atoms with van der Waals surface area (Å²) in [6, 6.07) is 12.8. The van der Waals surface area contributed by atoms with Crippen molar-refractivity contribution in [3.05, 3.63) is 98.4 Å². The number of para-hydroxylation sites is 1. The largest absolute Gasteiger partial charge is 0.465 e. The lowest BCUT2D eigenvalue weighted by atomic mass is 9.81. The molecule has 0 saturated heterocycles. The van der Waals surface area contributed by atoms with E-state index in [4.69, 9.17) is 14.1 Å². The number of carbonyl (C=O) groups is 1. The Balaban J connectivity index is 1.41. The molecule has 0 aliphatic heterocycles. The molecule has 7 nitrogen and oxygen atoms in total. The van der Waals surface area contributed by atoms with Crippen molar-refractivity contribution in [2.24, 2.45) is 5.92 Å². The molecule has 1 atom stereocenters. The number of allylic oxidation sites excluding steroid dienone is 1. The van der Waals surface area contributed by atoms with Gasteiger partial charge in [-0.15, -0.1) is 11.3 Å². The third-order valence-corrected chi connectivity index (χ3v) is 7.41. The van der Waals surface area contributed by atoms with Gasteiger partial charge in [-0.25, -0.2) is 14.8 Å². The Labute approximate surface area is 210 Å². The SMILES string of the molecule is Cc1csc2nc(COC(=O)c3c4c(nc5ccccc35)/C(=C\c3ccco3)CC(C)C4)cc(=O)n12. The molecule has 0 amide bonds. The van der Waals surface area contributed by atoms with Crippen LogP contribution in [-0.4, -0.2) is 20.3 Å². The summed E-state index contributed by atoms with van der Waals surface area (Å²) in [6.45, 7) is 3.94. The minimum Gasteiger partial charge on any atom is -0.465 e. The van der Waals surface area contributed by atoms with Gasteiger partial charge in [-0.05, 0) is 61.1 Å². The first-order valence-electron chi connectivity index (χ1n) is 11.8. The molecule has 4 heterocycles.